The molecule has 0 unspecified atom stereocenters. The lowest BCUT2D eigenvalue weighted by atomic mass is 10.1. The van der Waals surface area contributed by atoms with Gasteiger partial charge in [-0.1, -0.05) is 35.9 Å². The van der Waals surface area contributed by atoms with E-state index < -0.39 is 15.9 Å². The van der Waals surface area contributed by atoms with Gasteiger partial charge in [0, 0.05) is 16.8 Å². The van der Waals surface area contributed by atoms with Crippen LogP contribution in [0.1, 0.15) is 21.5 Å². The molecule has 0 atom stereocenters. The Morgan fingerprint density at radius 3 is 2.21 bits per heavy atom. The first kappa shape index (κ1) is 24.4. The van der Waals surface area contributed by atoms with E-state index in [1.165, 1.54) is 26.4 Å². The van der Waals surface area contributed by atoms with E-state index in [1.807, 2.05) is 25.1 Å². The zero-order chi connectivity index (χ0) is 24.2. The van der Waals surface area contributed by atoms with Crippen LogP contribution in [-0.2, 0) is 16.6 Å². The number of halogens is 1. The molecule has 0 aliphatic carbocycles. The molecule has 3 rings (SSSR count). The minimum absolute atomic E-state index is 0.00376. The zero-order valence-corrected chi connectivity index (χ0v) is 20.3. The van der Waals surface area contributed by atoms with Crippen molar-refractivity contribution in [1.29, 1.82) is 0 Å². The van der Waals surface area contributed by atoms with Crippen LogP contribution in [0.3, 0.4) is 0 Å². The van der Waals surface area contributed by atoms with Crippen molar-refractivity contribution < 1.29 is 22.7 Å². The molecular formula is C24H25ClN2O5S. The van der Waals surface area contributed by atoms with Gasteiger partial charge in [0.25, 0.3) is 5.91 Å². The van der Waals surface area contributed by atoms with Crippen molar-refractivity contribution in [3.63, 3.8) is 0 Å². The first-order valence-electron chi connectivity index (χ1n) is 9.98. The summed E-state index contributed by atoms with van der Waals surface area (Å²) in [6.07, 6.45) is 1.09. The molecule has 174 valence electrons. The van der Waals surface area contributed by atoms with Crippen LogP contribution in [0.4, 0.5) is 11.4 Å². The third kappa shape index (κ3) is 5.97. The number of hydrogen-bond donors (Lipinski definition) is 1. The fraction of sp³-hybridized carbons (Fsp3) is 0.208. The Morgan fingerprint density at radius 1 is 1.00 bits per heavy atom. The summed E-state index contributed by atoms with van der Waals surface area (Å²) in [4.78, 5) is 13.3. The average Bonchev–Trinajstić information content (AvgIpc) is 2.77. The number of amides is 1. The minimum Gasteiger partial charge on any atom is -0.493 e. The van der Waals surface area contributed by atoms with E-state index in [0.717, 1.165) is 16.1 Å². The molecule has 0 spiro atoms. The van der Waals surface area contributed by atoms with Crippen LogP contribution >= 0.6 is 11.6 Å². The first-order chi connectivity index (χ1) is 15.6. The van der Waals surface area contributed by atoms with E-state index >= 15 is 0 Å². The second kappa shape index (κ2) is 10.1. The Bertz CT molecular complexity index is 1260. The number of ether oxygens (including phenoxy) is 2. The molecule has 3 aromatic carbocycles. The van der Waals surface area contributed by atoms with Crippen molar-refractivity contribution in [2.75, 3.05) is 30.1 Å². The molecule has 0 saturated heterocycles. The van der Waals surface area contributed by atoms with Crippen LogP contribution in [0, 0.1) is 6.92 Å². The Kier molecular flexibility index (Phi) is 7.50. The molecule has 33 heavy (non-hydrogen) atoms. The van der Waals surface area contributed by atoms with E-state index in [9.17, 15) is 13.2 Å². The van der Waals surface area contributed by atoms with Crippen molar-refractivity contribution >= 4 is 38.9 Å². The second-order valence-electron chi connectivity index (χ2n) is 7.44. The van der Waals surface area contributed by atoms with Crippen LogP contribution in [0.25, 0.3) is 0 Å². The van der Waals surface area contributed by atoms with Gasteiger partial charge < -0.3 is 14.8 Å². The molecule has 0 aromatic heterocycles. The molecule has 0 bridgehead atoms. The van der Waals surface area contributed by atoms with E-state index in [2.05, 4.69) is 5.32 Å². The maximum absolute atomic E-state index is 13.3. The van der Waals surface area contributed by atoms with Gasteiger partial charge in [0.2, 0.25) is 10.0 Å². The molecule has 1 N–H and O–H groups in total. The lowest BCUT2D eigenvalue weighted by Crippen LogP contribution is -2.31. The van der Waals surface area contributed by atoms with Crippen LogP contribution in [-0.4, -0.2) is 34.8 Å². The van der Waals surface area contributed by atoms with Crippen LogP contribution in [0.15, 0.2) is 60.7 Å². The molecular weight excluding hydrogens is 464 g/mol. The van der Waals surface area contributed by atoms with Gasteiger partial charge in [-0.3, -0.25) is 9.10 Å². The number of rotatable bonds is 8. The molecule has 0 fully saturated rings. The maximum Gasteiger partial charge on any atom is 0.257 e. The Morgan fingerprint density at radius 2 is 1.64 bits per heavy atom. The standard InChI is InChI=1S/C24H25ClN2O5S/c1-16-6-5-7-19(12-16)26-24(28)20-13-22(31-2)23(32-3)14-21(20)27(33(4,29)30)15-17-8-10-18(25)11-9-17/h5-14H,15H2,1-4H3,(H,26,28). The van der Waals surface area contributed by atoms with Crippen molar-refractivity contribution in [2.45, 2.75) is 13.5 Å². The summed E-state index contributed by atoms with van der Waals surface area (Å²) >= 11 is 5.97. The first-order valence-corrected chi connectivity index (χ1v) is 12.2. The number of benzene rings is 3. The van der Waals surface area contributed by atoms with Gasteiger partial charge in [0.05, 0.1) is 38.3 Å². The molecule has 0 aliphatic rings. The monoisotopic (exact) mass is 488 g/mol. The summed E-state index contributed by atoms with van der Waals surface area (Å²) in [5.74, 6) is 0.112. The van der Waals surface area contributed by atoms with Crippen molar-refractivity contribution in [2.24, 2.45) is 0 Å². The average molecular weight is 489 g/mol. The largest absolute Gasteiger partial charge is 0.493 e. The highest BCUT2D eigenvalue weighted by molar-refractivity contribution is 7.92. The lowest BCUT2D eigenvalue weighted by Gasteiger charge is -2.26. The zero-order valence-electron chi connectivity index (χ0n) is 18.8. The molecule has 7 nitrogen and oxygen atoms in total. The van der Waals surface area contributed by atoms with Crippen LogP contribution in [0.2, 0.25) is 5.02 Å². The number of nitrogens with zero attached hydrogens (tertiary/aromatic N) is 1. The fourth-order valence-corrected chi connectivity index (χ4v) is 4.33. The van der Waals surface area contributed by atoms with Gasteiger partial charge in [-0.2, -0.15) is 0 Å². The topological polar surface area (TPSA) is 84.9 Å². The number of nitrogens with one attached hydrogen (secondary N) is 1. The highest BCUT2D eigenvalue weighted by Gasteiger charge is 2.26. The Labute approximate surface area is 198 Å². The fourth-order valence-electron chi connectivity index (χ4n) is 3.31. The van der Waals surface area contributed by atoms with Gasteiger partial charge in [-0.25, -0.2) is 8.42 Å². The molecule has 0 saturated carbocycles. The minimum atomic E-state index is -3.78. The summed E-state index contributed by atoms with van der Waals surface area (Å²) < 4.78 is 37.6. The number of aryl methyl sites for hydroxylation is 1. The van der Waals surface area contributed by atoms with E-state index in [-0.39, 0.29) is 17.8 Å². The summed E-state index contributed by atoms with van der Waals surface area (Å²) in [5, 5.41) is 3.37. The number of carbonyl (C=O) groups is 1. The molecule has 1 amide bonds. The number of carbonyl (C=O) groups excluding carboxylic acids is 1. The summed E-state index contributed by atoms with van der Waals surface area (Å²) in [5.41, 5.74) is 2.54. The van der Waals surface area contributed by atoms with E-state index in [0.29, 0.717) is 27.8 Å². The number of methoxy groups -OCH3 is 2. The third-order valence-electron chi connectivity index (χ3n) is 4.93. The molecule has 3 aromatic rings. The predicted molar refractivity (Wildman–Crippen MR) is 131 cm³/mol. The third-order valence-corrected chi connectivity index (χ3v) is 6.31. The number of anilines is 2. The normalized spacial score (nSPS) is 11.1. The van der Waals surface area contributed by atoms with Crippen LogP contribution < -0.4 is 19.1 Å². The van der Waals surface area contributed by atoms with Gasteiger partial charge in [0.1, 0.15) is 0 Å². The smallest absolute Gasteiger partial charge is 0.257 e. The maximum atomic E-state index is 13.3. The summed E-state index contributed by atoms with van der Waals surface area (Å²) in [6, 6.07) is 17.1. The molecule has 9 heteroatoms. The van der Waals surface area contributed by atoms with Crippen molar-refractivity contribution in [1.82, 2.24) is 0 Å². The van der Waals surface area contributed by atoms with Gasteiger partial charge in [0.15, 0.2) is 11.5 Å². The number of sulfonamides is 1. The SMILES string of the molecule is COc1cc(C(=O)Nc2cccc(C)c2)c(N(Cc2ccc(Cl)cc2)S(C)(=O)=O)cc1OC. The molecule has 0 aliphatic heterocycles. The van der Waals surface area contributed by atoms with Crippen LogP contribution in [0.5, 0.6) is 11.5 Å². The van der Waals surface area contributed by atoms with E-state index in [1.54, 1.807) is 30.3 Å². The lowest BCUT2D eigenvalue weighted by molar-refractivity contribution is 0.102. The summed E-state index contributed by atoms with van der Waals surface area (Å²) in [7, 11) is -0.894. The Balaban J connectivity index is 2.13. The predicted octanol–water partition coefficient (Wildman–Crippen LogP) is 4.88. The van der Waals surface area contributed by atoms with Gasteiger partial charge in [-0.15, -0.1) is 0 Å². The second-order valence-corrected chi connectivity index (χ2v) is 9.79. The number of hydrogen-bond acceptors (Lipinski definition) is 5. The Hall–Kier alpha value is -3.23. The van der Waals surface area contributed by atoms with Crippen molar-refractivity contribution in [3.8, 4) is 11.5 Å². The highest BCUT2D eigenvalue weighted by Crippen LogP contribution is 2.37. The quantitative estimate of drug-likeness (QED) is 0.488. The van der Waals surface area contributed by atoms with Crippen molar-refractivity contribution in [3.05, 3.63) is 82.4 Å². The highest BCUT2D eigenvalue weighted by atomic mass is 35.5. The molecule has 0 heterocycles. The van der Waals surface area contributed by atoms with Gasteiger partial charge >= 0.3 is 0 Å². The molecule has 0 radical (unpaired) electrons. The van der Waals surface area contributed by atoms with E-state index in [4.69, 9.17) is 21.1 Å². The summed E-state index contributed by atoms with van der Waals surface area (Å²) in [6.45, 7) is 1.91. The van der Waals surface area contributed by atoms with Gasteiger partial charge in [-0.05, 0) is 48.4 Å².